The molecule has 1 aromatic rings. The Morgan fingerprint density at radius 3 is 2.53 bits per heavy atom. The van der Waals surface area contributed by atoms with Gasteiger partial charge in [-0.05, 0) is 57.8 Å². The molecule has 1 aromatic carbocycles. The topological polar surface area (TPSA) is 12.5 Å². The van der Waals surface area contributed by atoms with Crippen LogP contribution in [0, 0.1) is 6.92 Å². The highest BCUT2D eigenvalue weighted by Crippen LogP contribution is 2.23. The number of hydrogen-bond donors (Lipinski definition) is 0. The summed E-state index contributed by atoms with van der Waals surface area (Å²) in [6, 6.07) is 7.09. The Labute approximate surface area is 123 Å². The van der Waals surface area contributed by atoms with Crippen molar-refractivity contribution in [1.29, 1.82) is 0 Å². The smallest absolute Gasteiger partial charge is 0.122 e. The van der Waals surface area contributed by atoms with E-state index >= 15 is 0 Å². The maximum atomic E-state index is 5.47. The number of hydrogen-bond acceptors (Lipinski definition) is 2. The molecule has 1 unspecified atom stereocenters. The van der Waals surface area contributed by atoms with Gasteiger partial charge in [0.25, 0.3) is 0 Å². The van der Waals surface area contributed by atoms with E-state index in [1.807, 2.05) is 0 Å². The van der Waals surface area contributed by atoms with Crippen molar-refractivity contribution in [2.45, 2.75) is 45.6 Å². The van der Waals surface area contributed by atoms with Gasteiger partial charge in [0.15, 0.2) is 0 Å². The van der Waals surface area contributed by atoms with Crippen molar-refractivity contribution in [3.8, 4) is 5.75 Å². The standard InChI is InChI=1S/C16H25NO.ClH/c1-13-7-8-16(18-3)15(11-13)12-14(2)17-9-5-4-6-10-17;/h7-8,11,14H,4-6,9-10,12H2,1-3H3;1H. The van der Waals surface area contributed by atoms with E-state index in [0.29, 0.717) is 6.04 Å². The van der Waals surface area contributed by atoms with Crippen LogP contribution in [-0.2, 0) is 6.42 Å². The van der Waals surface area contributed by atoms with Gasteiger partial charge in [-0.3, -0.25) is 0 Å². The summed E-state index contributed by atoms with van der Waals surface area (Å²) in [5.74, 6) is 1.03. The van der Waals surface area contributed by atoms with Crippen LogP contribution in [-0.4, -0.2) is 31.1 Å². The van der Waals surface area contributed by atoms with Gasteiger partial charge >= 0.3 is 0 Å². The second-order valence-electron chi connectivity index (χ2n) is 5.47. The van der Waals surface area contributed by atoms with Crippen molar-refractivity contribution in [2.75, 3.05) is 20.2 Å². The van der Waals surface area contributed by atoms with Gasteiger partial charge in [-0.2, -0.15) is 0 Å². The molecule has 1 heterocycles. The zero-order valence-corrected chi connectivity index (χ0v) is 13.1. The van der Waals surface area contributed by atoms with Crippen LogP contribution in [0.4, 0.5) is 0 Å². The number of benzene rings is 1. The molecule has 1 atom stereocenters. The summed E-state index contributed by atoms with van der Waals surface area (Å²) in [7, 11) is 1.76. The molecule has 1 aliphatic rings. The molecule has 0 aliphatic carbocycles. The molecule has 19 heavy (non-hydrogen) atoms. The van der Waals surface area contributed by atoms with Crippen LogP contribution < -0.4 is 4.74 Å². The Morgan fingerprint density at radius 2 is 1.89 bits per heavy atom. The van der Waals surface area contributed by atoms with Crippen molar-refractivity contribution in [2.24, 2.45) is 0 Å². The minimum Gasteiger partial charge on any atom is -0.496 e. The van der Waals surface area contributed by atoms with Gasteiger partial charge in [0.1, 0.15) is 5.75 Å². The highest BCUT2D eigenvalue weighted by Gasteiger charge is 2.18. The van der Waals surface area contributed by atoms with Gasteiger partial charge in [0, 0.05) is 6.04 Å². The second kappa shape index (κ2) is 7.76. The average Bonchev–Trinajstić information content (AvgIpc) is 2.40. The van der Waals surface area contributed by atoms with E-state index in [1.165, 1.54) is 43.5 Å². The normalized spacial score (nSPS) is 17.6. The monoisotopic (exact) mass is 283 g/mol. The Hall–Kier alpha value is -0.730. The number of methoxy groups -OCH3 is 1. The van der Waals surface area contributed by atoms with E-state index in [9.17, 15) is 0 Å². The summed E-state index contributed by atoms with van der Waals surface area (Å²) in [6.45, 7) is 7.01. The number of nitrogens with zero attached hydrogens (tertiary/aromatic N) is 1. The first-order valence-corrected chi connectivity index (χ1v) is 7.08. The first-order valence-electron chi connectivity index (χ1n) is 7.08. The number of likely N-dealkylation sites (tertiary alicyclic amines) is 1. The minimum atomic E-state index is 0. The number of aryl methyl sites for hydroxylation is 1. The van der Waals surface area contributed by atoms with Gasteiger partial charge in [0.2, 0.25) is 0 Å². The minimum absolute atomic E-state index is 0. The van der Waals surface area contributed by atoms with Crippen LogP contribution in [0.2, 0.25) is 0 Å². The average molecular weight is 284 g/mol. The summed E-state index contributed by atoms with van der Waals surface area (Å²) < 4.78 is 5.47. The molecular formula is C16H26ClNO. The maximum absolute atomic E-state index is 5.47. The zero-order chi connectivity index (χ0) is 13.0. The van der Waals surface area contributed by atoms with Crippen LogP contribution in [0.15, 0.2) is 18.2 Å². The molecule has 3 heteroatoms. The molecule has 0 bridgehead atoms. The fraction of sp³-hybridized carbons (Fsp3) is 0.625. The van der Waals surface area contributed by atoms with Crippen molar-refractivity contribution < 1.29 is 4.74 Å². The van der Waals surface area contributed by atoms with Gasteiger partial charge in [-0.15, -0.1) is 12.4 Å². The van der Waals surface area contributed by atoms with Gasteiger partial charge in [-0.1, -0.05) is 24.1 Å². The lowest BCUT2D eigenvalue weighted by atomic mass is 10.0. The Kier molecular flexibility index (Phi) is 6.67. The maximum Gasteiger partial charge on any atom is 0.122 e. The quantitative estimate of drug-likeness (QED) is 0.832. The summed E-state index contributed by atoms with van der Waals surface area (Å²) in [5.41, 5.74) is 2.66. The molecule has 0 amide bonds. The van der Waals surface area contributed by atoms with E-state index in [-0.39, 0.29) is 12.4 Å². The molecule has 2 rings (SSSR count). The molecule has 1 aliphatic heterocycles. The van der Waals surface area contributed by atoms with Crippen molar-refractivity contribution in [3.05, 3.63) is 29.3 Å². The molecular weight excluding hydrogens is 258 g/mol. The molecule has 1 saturated heterocycles. The third-order valence-electron chi connectivity index (χ3n) is 3.97. The number of piperidine rings is 1. The second-order valence-corrected chi connectivity index (χ2v) is 5.47. The fourth-order valence-corrected chi connectivity index (χ4v) is 2.87. The van der Waals surface area contributed by atoms with Crippen molar-refractivity contribution in [1.82, 2.24) is 4.90 Å². The summed E-state index contributed by atoms with van der Waals surface area (Å²) in [5, 5.41) is 0. The predicted octanol–water partition coefficient (Wildman–Crippen LogP) is 3.84. The van der Waals surface area contributed by atoms with Crippen LogP contribution >= 0.6 is 12.4 Å². The first kappa shape index (κ1) is 16.3. The van der Waals surface area contributed by atoms with Crippen LogP contribution in [0.25, 0.3) is 0 Å². The first-order chi connectivity index (χ1) is 8.70. The molecule has 0 spiro atoms. The molecule has 2 nitrogen and oxygen atoms in total. The van der Waals surface area contributed by atoms with E-state index in [2.05, 4.69) is 36.9 Å². The highest BCUT2D eigenvalue weighted by molar-refractivity contribution is 5.85. The molecule has 108 valence electrons. The van der Waals surface area contributed by atoms with Crippen LogP contribution in [0.5, 0.6) is 5.75 Å². The van der Waals surface area contributed by atoms with E-state index < -0.39 is 0 Å². The van der Waals surface area contributed by atoms with Crippen molar-refractivity contribution >= 4 is 12.4 Å². The fourth-order valence-electron chi connectivity index (χ4n) is 2.87. The lowest BCUT2D eigenvalue weighted by Crippen LogP contribution is -2.38. The molecule has 0 N–H and O–H groups in total. The molecule has 1 fully saturated rings. The predicted molar refractivity (Wildman–Crippen MR) is 83.6 cm³/mol. The molecule has 0 radical (unpaired) electrons. The Bertz CT molecular complexity index is 388. The van der Waals surface area contributed by atoms with Crippen LogP contribution in [0.1, 0.15) is 37.3 Å². The number of ether oxygens (including phenoxy) is 1. The van der Waals surface area contributed by atoms with Gasteiger partial charge in [0.05, 0.1) is 7.11 Å². The summed E-state index contributed by atoms with van der Waals surface area (Å²) >= 11 is 0. The third kappa shape index (κ3) is 4.39. The lowest BCUT2D eigenvalue weighted by Gasteiger charge is -2.32. The van der Waals surface area contributed by atoms with E-state index in [0.717, 1.165) is 12.2 Å². The largest absolute Gasteiger partial charge is 0.496 e. The lowest BCUT2D eigenvalue weighted by molar-refractivity contribution is 0.172. The molecule has 0 saturated carbocycles. The number of rotatable bonds is 4. The van der Waals surface area contributed by atoms with Crippen LogP contribution in [0.3, 0.4) is 0 Å². The Balaban J connectivity index is 0.00000180. The van der Waals surface area contributed by atoms with Gasteiger partial charge < -0.3 is 9.64 Å². The SMILES string of the molecule is COc1ccc(C)cc1CC(C)N1CCCCC1.Cl. The van der Waals surface area contributed by atoms with E-state index in [1.54, 1.807) is 7.11 Å². The zero-order valence-electron chi connectivity index (χ0n) is 12.3. The van der Waals surface area contributed by atoms with E-state index in [4.69, 9.17) is 4.74 Å². The summed E-state index contributed by atoms with van der Waals surface area (Å²) in [4.78, 5) is 2.62. The third-order valence-corrected chi connectivity index (χ3v) is 3.97. The number of halogens is 1. The summed E-state index contributed by atoms with van der Waals surface area (Å²) in [6.07, 6.45) is 5.20. The molecule has 0 aromatic heterocycles. The van der Waals surface area contributed by atoms with Gasteiger partial charge in [-0.25, -0.2) is 0 Å². The van der Waals surface area contributed by atoms with Crippen molar-refractivity contribution in [3.63, 3.8) is 0 Å². The Morgan fingerprint density at radius 1 is 1.21 bits per heavy atom. The highest BCUT2D eigenvalue weighted by atomic mass is 35.5.